The number of nitrogens with zero attached hydrogens (tertiary/aromatic N) is 1. The van der Waals surface area contributed by atoms with Gasteiger partial charge in [-0.1, -0.05) is 140 Å². The van der Waals surface area contributed by atoms with Crippen LogP contribution in [0.1, 0.15) is 126 Å². The Balaban J connectivity index is 1.25. The van der Waals surface area contributed by atoms with Gasteiger partial charge in [-0.25, -0.2) is 0 Å². The van der Waals surface area contributed by atoms with Gasteiger partial charge in [0.1, 0.15) is 0 Å². The zero-order valence-electron chi connectivity index (χ0n) is 35.4. The minimum atomic E-state index is -0.173. The molecule has 0 bridgehead atoms. The van der Waals surface area contributed by atoms with E-state index < -0.39 is 0 Å². The predicted molar refractivity (Wildman–Crippen MR) is 244 cm³/mol. The molecule has 2 aliphatic heterocycles. The first-order valence-corrected chi connectivity index (χ1v) is 21.6. The molecular formula is C54H55BN2. The first-order valence-electron chi connectivity index (χ1n) is 21.6. The molecule has 57 heavy (non-hydrogen) atoms. The summed E-state index contributed by atoms with van der Waals surface area (Å²) in [5, 5.41) is 4.10. The van der Waals surface area contributed by atoms with Crippen LogP contribution >= 0.6 is 0 Å². The van der Waals surface area contributed by atoms with Gasteiger partial charge in [-0.15, -0.1) is 0 Å². The molecule has 0 amide bonds. The Morgan fingerprint density at radius 3 is 2.12 bits per heavy atom. The molecule has 0 saturated heterocycles. The summed E-state index contributed by atoms with van der Waals surface area (Å²) in [7, 11) is 0.939. The molecule has 5 aromatic carbocycles. The molecule has 0 saturated carbocycles. The maximum atomic E-state index is 4.10. The summed E-state index contributed by atoms with van der Waals surface area (Å²) in [6.07, 6.45) is 10.3. The Morgan fingerprint density at radius 2 is 1.33 bits per heavy atom. The van der Waals surface area contributed by atoms with Gasteiger partial charge in [0, 0.05) is 44.7 Å². The van der Waals surface area contributed by atoms with Crippen molar-refractivity contribution in [3.63, 3.8) is 0 Å². The van der Waals surface area contributed by atoms with Gasteiger partial charge in [0.2, 0.25) is 0 Å². The van der Waals surface area contributed by atoms with Crippen LogP contribution in [-0.4, -0.2) is 7.28 Å². The molecule has 0 radical (unpaired) electrons. The number of anilines is 3. The summed E-state index contributed by atoms with van der Waals surface area (Å²) in [6, 6.07) is 33.4. The maximum absolute atomic E-state index is 4.10. The quantitative estimate of drug-likeness (QED) is 0.181. The lowest BCUT2D eigenvalue weighted by Crippen LogP contribution is -2.38. The molecule has 2 heterocycles. The van der Waals surface area contributed by atoms with Crippen LogP contribution in [0.3, 0.4) is 0 Å². The van der Waals surface area contributed by atoms with E-state index in [-0.39, 0.29) is 21.7 Å². The Kier molecular flexibility index (Phi) is 7.13. The van der Waals surface area contributed by atoms with E-state index in [1.165, 1.54) is 125 Å². The first-order chi connectivity index (χ1) is 27.2. The molecule has 2 nitrogen and oxygen atoms in total. The van der Waals surface area contributed by atoms with Crippen molar-refractivity contribution in [3.8, 4) is 22.3 Å². The van der Waals surface area contributed by atoms with Crippen LogP contribution in [0.25, 0.3) is 28.0 Å². The van der Waals surface area contributed by atoms with E-state index in [2.05, 4.69) is 170 Å². The van der Waals surface area contributed by atoms with Gasteiger partial charge in [-0.2, -0.15) is 0 Å². The van der Waals surface area contributed by atoms with Crippen molar-refractivity contribution >= 4 is 35.5 Å². The third-order valence-corrected chi connectivity index (χ3v) is 15.4. The second kappa shape index (κ2) is 11.6. The van der Waals surface area contributed by atoms with E-state index in [9.17, 15) is 0 Å². The topological polar surface area (TPSA) is 15.3 Å². The molecule has 6 aliphatic rings. The van der Waals surface area contributed by atoms with Crippen molar-refractivity contribution in [2.75, 3.05) is 10.2 Å². The lowest BCUT2D eigenvalue weighted by atomic mass is 9.55. The summed E-state index contributed by atoms with van der Waals surface area (Å²) in [4.78, 5) is 2.74. The number of allylic oxidation sites excluding steroid dienone is 4. The van der Waals surface area contributed by atoms with E-state index in [1.54, 1.807) is 0 Å². The second-order valence-corrected chi connectivity index (χ2v) is 20.4. The highest BCUT2D eigenvalue weighted by Gasteiger charge is 2.45. The molecule has 1 N–H and O–H groups in total. The summed E-state index contributed by atoms with van der Waals surface area (Å²) in [5.74, 6) is 0. The van der Waals surface area contributed by atoms with Crippen LogP contribution in [0, 0.1) is 6.92 Å². The van der Waals surface area contributed by atoms with Gasteiger partial charge in [0.25, 0.3) is 0 Å². The normalized spacial score (nSPS) is 20.6. The van der Waals surface area contributed by atoms with E-state index >= 15 is 0 Å². The second-order valence-electron chi connectivity index (χ2n) is 20.4. The number of hydrogen-bond donors (Lipinski definition) is 1. The highest BCUT2D eigenvalue weighted by atomic mass is 15.2. The molecule has 3 heteroatoms. The Morgan fingerprint density at radius 1 is 0.649 bits per heavy atom. The number of aryl methyl sites for hydroxylation is 1. The average molecular weight is 743 g/mol. The summed E-state index contributed by atoms with van der Waals surface area (Å²) in [5.41, 5.74) is 28.3. The van der Waals surface area contributed by atoms with Crippen molar-refractivity contribution in [2.45, 2.75) is 116 Å². The zero-order valence-corrected chi connectivity index (χ0v) is 35.4. The van der Waals surface area contributed by atoms with Crippen LogP contribution in [0.2, 0.25) is 0 Å². The SMILES string of the molecule is Cc1cc2c(cc1N1C3=C(Bc4c1cc1c(c4-c4cccc5c4NC4=C(CCC=C4)C5(C)C)C(C)(C)c4ccccc4-1)Cc1ccccc13)C(C)(C)CCC2(C)C. The minimum Gasteiger partial charge on any atom is -0.355 e. The fraction of sp³-hybridized carbons (Fsp3) is 0.333. The summed E-state index contributed by atoms with van der Waals surface area (Å²) >= 11 is 0. The molecule has 5 aromatic rings. The number of hydrogen-bond acceptors (Lipinski definition) is 2. The summed E-state index contributed by atoms with van der Waals surface area (Å²) in [6.45, 7) is 22.1. The third-order valence-electron chi connectivity index (χ3n) is 15.4. The molecule has 0 aromatic heterocycles. The molecule has 0 spiro atoms. The van der Waals surface area contributed by atoms with Crippen molar-refractivity contribution in [3.05, 3.63) is 158 Å². The lowest BCUT2D eigenvalue weighted by molar-refractivity contribution is 0.332. The maximum Gasteiger partial charge on any atom is 0.193 e. The van der Waals surface area contributed by atoms with Crippen LogP contribution in [0.4, 0.5) is 17.1 Å². The standard InChI is InChI=1S/C54H55BN2/c1-31-27-40-41(52(4,5)26-25-51(40,2)3)30-44(31)57-45-29-36-34-19-12-13-21-37(34)54(8,9)47(36)46(48(45)55-42-28-32-17-10-11-18-33(32)50(42)57)35-20-16-23-39-49(35)56-43-24-15-14-22-38(43)53(39,6)7/h10-13,15-21,23-24,27,29-30,55-56H,14,22,25-26,28H2,1-9H3. The van der Waals surface area contributed by atoms with Gasteiger partial charge in [-0.05, 0) is 135 Å². The first kappa shape index (κ1) is 35.2. The van der Waals surface area contributed by atoms with Crippen LogP contribution in [0.5, 0.6) is 0 Å². The van der Waals surface area contributed by atoms with Gasteiger partial charge in [0.15, 0.2) is 7.28 Å². The monoisotopic (exact) mass is 742 g/mol. The number of nitrogens with one attached hydrogen (secondary N) is 1. The summed E-state index contributed by atoms with van der Waals surface area (Å²) < 4.78 is 0. The average Bonchev–Trinajstić information content (AvgIpc) is 3.66. The predicted octanol–water partition coefficient (Wildman–Crippen LogP) is 12.8. The third kappa shape index (κ3) is 4.72. The zero-order chi connectivity index (χ0) is 39.4. The van der Waals surface area contributed by atoms with Crippen molar-refractivity contribution in [1.29, 1.82) is 0 Å². The molecule has 0 unspecified atom stereocenters. The van der Waals surface area contributed by atoms with Gasteiger partial charge >= 0.3 is 0 Å². The number of benzene rings is 5. The highest BCUT2D eigenvalue weighted by Crippen LogP contribution is 2.58. The van der Waals surface area contributed by atoms with Gasteiger partial charge in [-0.3, -0.25) is 0 Å². The van der Waals surface area contributed by atoms with Gasteiger partial charge in [0.05, 0.1) is 5.69 Å². The largest absolute Gasteiger partial charge is 0.355 e. The number of rotatable bonds is 2. The Bertz CT molecular complexity index is 2730. The minimum absolute atomic E-state index is 0.0666. The Labute approximate surface area is 341 Å². The van der Waals surface area contributed by atoms with Gasteiger partial charge < -0.3 is 10.2 Å². The van der Waals surface area contributed by atoms with Crippen LogP contribution in [-0.2, 0) is 28.1 Å². The molecule has 284 valence electrons. The molecule has 4 aliphatic carbocycles. The molecular weight excluding hydrogens is 687 g/mol. The smallest absolute Gasteiger partial charge is 0.193 e. The fourth-order valence-electron chi connectivity index (χ4n) is 12.2. The van der Waals surface area contributed by atoms with Crippen molar-refractivity contribution in [1.82, 2.24) is 0 Å². The lowest BCUT2D eigenvalue weighted by Gasteiger charge is -2.44. The van der Waals surface area contributed by atoms with E-state index in [0.717, 1.165) is 26.5 Å². The number of para-hydroxylation sites is 1. The van der Waals surface area contributed by atoms with E-state index in [0.29, 0.717) is 0 Å². The van der Waals surface area contributed by atoms with Crippen LogP contribution in [0.15, 0.2) is 114 Å². The number of fused-ring (bicyclic) bond motifs is 8. The van der Waals surface area contributed by atoms with Crippen LogP contribution < -0.4 is 15.7 Å². The molecule has 0 fully saturated rings. The van der Waals surface area contributed by atoms with Crippen molar-refractivity contribution < 1.29 is 0 Å². The fourth-order valence-corrected chi connectivity index (χ4v) is 12.2. The molecule has 11 rings (SSSR count). The van der Waals surface area contributed by atoms with E-state index in [4.69, 9.17) is 0 Å². The van der Waals surface area contributed by atoms with E-state index in [1.807, 2.05) is 0 Å². The Hall–Kier alpha value is -5.02. The van der Waals surface area contributed by atoms with Crippen molar-refractivity contribution in [2.24, 2.45) is 0 Å². The highest BCUT2D eigenvalue weighted by molar-refractivity contribution is 6.68. The molecule has 0 atom stereocenters.